The van der Waals surface area contributed by atoms with Crippen LogP contribution in [0.15, 0.2) is 127 Å². The minimum Gasteiger partial charge on any atom is -0.378 e. The maximum Gasteiger partial charge on any atom is 0.325 e. The van der Waals surface area contributed by atoms with Crippen LogP contribution < -0.4 is 5.32 Å². The van der Waals surface area contributed by atoms with Gasteiger partial charge < -0.3 is 15.0 Å². The number of hydrogen-bond acceptors (Lipinski definition) is 5. The van der Waals surface area contributed by atoms with Crippen molar-refractivity contribution in [3.05, 3.63) is 144 Å². The van der Waals surface area contributed by atoms with Gasteiger partial charge in [-0.05, 0) is 46.5 Å². The number of benzene rings is 3. The lowest BCUT2D eigenvalue weighted by molar-refractivity contribution is -0.136. The van der Waals surface area contributed by atoms with Crippen molar-refractivity contribution in [2.75, 3.05) is 38.6 Å². The van der Waals surface area contributed by atoms with Crippen LogP contribution in [0, 0.1) is 17.2 Å². The summed E-state index contributed by atoms with van der Waals surface area (Å²) in [6.45, 7) is 3.90. The van der Waals surface area contributed by atoms with E-state index in [9.17, 15) is 18.8 Å². The number of nitrogens with one attached hydrogen (secondary N) is 1. The molecule has 1 fully saturated rings. The summed E-state index contributed by atoms with van der Waals surface area (Å²) < 4.78 is 19.1. The van der Waals surface area contributed by atoms with E-state index in [1.54, 1.807) is 47.0 Å². The third-order valence-electron chi connectivity index (χ3n) is 9.14. The summed E-state index contributed by atoms with van der Waals surface area (Å²) in [5.41, 5.74) is 3.49. The molecule has 6 rings (SSSR count). The van der Waals surface area contributed by atoms with Crippen molar-refractivity contribution < 1.29 is 23.5 Å². The van der Waals surface area contributed by atoms with Crippen LogP contribution in [0.3, 0.4) is 0 Å². The molecule has 7 nitrogen and oxygen atoms in total. The van der Waals surface area contributed by atoms with Crippen LogP contribution in [-0.4, -0.2) is 72.3 Å². The number of halogens is 1. The first-order valence-corrected chi connectivity index (χ1v) is 17.7. The first kappa shape index (κ1) is 34.1. The number of thioether (sulfide) groups is 1. The number of allylic oxidation sites excluding steroid dienone is 7. The molecule has 1 N–H and O–H groups in total. The maximum atomic E-state index is 14.4. The molecule has 4 amide bonds. The number of imide groups is 1. The lowest BCUT2D eigenvalue weighted by Gasteiger charge is -2.38. The standard InChI is InChI=1S/C40H40FN3O4S/c1-40-19-6-5-14-35(40)33(13-8-20-40)26-44(37(45)32-12-7-11-31(25-32)30-15-17-34(41)18-16-30)39(47)42-36(38(46)43-21-23-48-24-22-43)28-49-27-29-9-3-2-4-10-29/h2-20,25,35-36H,21-24,26-28H2,1H3,(H,42,47)/t35?,36-,40?/m0/s1. The molecule has 1 aliphatic heterocycles. The van der Waals surface area contributed by atoms with E-state index in [1.165, 1.54) is 17.0 Å². The van der Waals surface area contributed by atoms with Crippen molar-refractivity contribution in [3.8, 4) is 11.1 Å². The van der Waals surface area contributed by atoms with E-state index >= 15 is 0 Å². The summed E-state index contributed by atoms with van der Waals surface area (Å²) in [6, 6.07) is 21.5. The van der Waals surface area contributed by atoms with Gasteiger partial charge in [0.1, 0.15) is 11.9 Å². The third kappa shape index (κ3) is 8.29. The first-order chi connectivity index (χ1) is 23.8. The van der Waals surface area contributed by atoms with Gasteiger partial charge in [0, 0.05) is 41.5 Å². The number of amides is 4. The average molecular weight is 678 g/mol. The second-order valence-corrected chi connectivity index (χ2v) is 13.6. The summed E-state index contributed by atoms with van der Waals surface area (Å²) in [5, 5.41) is 2.97. The topological polar surface area (TPSA) is 79.0 Å². The molecule has 3 aliphatic rings. The van der Waals surface area contributed by atoms with Crippen LogP contribution in [0.25, 0.3) is 11.1 Å². The Morgan fingerprint density at radius 1 is 0.959 bits per heavy atom. The Labute approximate surface area is 291 Å². The van der Waals surface area contributed by atoms with Crippen molar-refractivity contribution in [1.82, 2.24) is 15.1 Å². The van der Waals surface area contributed by atoms with E-state index in [1.807, 2.05) is 60.7 Å². The van der Waals surface area contributed by atoms with Crippen molar-refractivity contribution in [3.63, 3.8) is 0 Å². The molecular formula is C40H40FN3O4S. The molecule has 2 unspecified atom stereocenters. The minimum atomic E-state index is -0.858. The second kappa shape index (κ2) is 15.7. The largest absolute Gasteiger partial charge is 0.378 e. The highest BCUT2D eigenvalue weighted by Gasteiger charge is 2.37. The van der Waals surface area contributed by atoms with Crippen molar-refractivity contribution in [2.24, 2.45) is 11.3 Å². The Kier molecular flexibility index (Phi) is 10.9. The van der Waals surface area contributed by atoms with Crippen LogP contribution >= 0.6 is 11.8 Å². The number of hydrogen-bond donors (Lipinski definition) is 1. The molecule has 3 atom stereocenters. The number of urea groups is 1. The van der Waals surface area contributed by atoms with Crippen molar-refractivity contribution in [1.29, 1.82) is 0 Å². The zero-order chi connectivity index (χ0) is 34.2. The molecule has 252 valence electrons. The molecule has 0 radical (unpaired) electrons. The Balaban J connectivity index is 1.29. The lowest BCUT2D eigenvalue weighted by Crippen LogP contribution is -2.56. The fourth-order valence-electron chi connectivity index (χ4n) is 6.39. The predicted octanol–water partition coefficient (Wildman–Crippen LogP) is 7.05. The van der Waals surface area contributed by atoms with E-state index in [4.69, 9.17) is 4.74 Å². The Bertz CT molecular complexity index is 1780. The van der Waals surface area contributed by atoms with Crippen LogP contribution in [0.2, 0.25) is 0 Å². The number of morpholine rings is 1. The predicted molar refractivity (Wildman–Crippen MR) is 192 cm³/mol. The second-order valence-electron chi connectivity index (χ2n) is 12.6. The van der Waals surface area contributed by atoms with E-state index < -0.39 is 18.0 Å². The minimum absolute atomic E-state index is 0.0316. The normalized spacial score (nSPS) is 20.2. The van der Waals surface area contributed by atoms with Gasteiger partial charge in [-0.25, -0.2) is 9.18 Å². The molecule has 49 heavy (non-hydrogen) atoms. The summed E-state index contributed by atoms with van der Waals surface area (Å²) in [7, 11) is 0. The number of fused-ring (bicyclic) bond motifs is 1. The van der Waals surface area contributed by atoms with Crippen molar-refractivity contribution in [2.45, 2.75) is 18.7 Å². The van der Waals surface area contributed by atoms with E-state index in [2.05, 4.69) is 30.5 Å². The zero-order valence-electron chi connectivity index (χ0n) is 27.5. The molecule has 3 aromatic carbocycles. The molecule has 1 heterocycles. The average Bonchev–Trinajstić information content (AvgIpc) is 3.13. The molecular weight excluding hydrogens is 638 g/mol. The number of ether oxygens (including phenoxy) is 1. The van der Waals surface area contributed by atoms with Crippen LogP contribution in [0.1, 0.15) is 22.8 Å². The fourth-order valence-corrected chi connectivity index (χ4v) is 7.40. The summed E-state index contributed by atoms with van der Waals surface area (Å²) in [4.78, 5) is 45.6. The van der Waals surface area contributed by atoms with Gasteiger partial charge in [-0.2, -0.15) is 11.8 Å². The van der Waals surface area contributed by atoms with Gasteiger partial charge in [0.25, 0.3) is 5.91 Å². The summed E-state index contributed by atoms with van der Waals surface area (Å²) in [5.74, 6) is -0.0989. The first-order valence-electron chi connectivity index (χ1n) is 16.5. The smallest absolute Gasteiger partial charge is 0.325 e. The summed E-state index contributed by atoms with van der Waals surface area (Å²) in [6.07, 6.45) is 14.3. The highest BCUT2D eigenvalue weighted by Crippen LogP contribution is 2.42. The number of nitrogens with zero attached hydrogens (tertiary/aromatic N) is 2. The fraction of sp³-hybridized carbons (Fsp3) is 0.275. The maximum absolute atomic E-state index is 14.4. The molecule has 0 bridgehead atoms. The van der Waals surface area contributed by atoms with Gasteiger partial charge in [0.2, 0.25) is 5.91 Å². The number of carbonyl (C=O) groups excluding carboxylic acids is 3. The Morgan fingerprint density at radius 3 is 2.49 bits per heavy atom. The molecule has 2 aliphatic carbocycles. The molecule has 1 saturated heterocycles. The Morgan fingerprint density at radius 2 is 1.71 bits per heavy atom. The summed E-state index contributed by atoms with van der Waals surface area (Å²) >= 11 is 1.55. The van der Waals surface area contributed by atoms with Gasteiger partial charge in [-0.15, -0.1) is 0 Å². The monoisotopic (exact) mass is 677 g/mol. The van der Waals surface area contributed by atoms with Gasteiger partial charge in [-0.1, -0.05) is 104 Å². The lowest BCUT2D eigenvalue weighted by atomic mass is 9.68. The van der Waals surface area contributed by atoms with Crippen molar-refractivity contribution >= 4 is 29.6 Å². The SMILES string of the molecule is CC12C=CC=CC1C(CN(C(=O)N[C@@H](CSCc1ccccc1)C(=O)N1CCOCC1)C(=O)c1cccc(-c3ccc(F)cc3)c1)=CC=C2. The molecule has 0 saturated carbocycles. The van der Waals surface area contributed by atoms with E-state index in [0.29, 0.717) is 43.4 Å². The van der Waals surface area contributed by atoms with E-state index in [0.717, 1.165) is 22.3 Å². The quantitative estimate of drug-likeness (QED) is 0.249. The van der Waals surface area contributed by atoms with Gasteiger partial charge in [0.05, 0.1) is 19.8 Å². The highest BCUT2D eigenvalue weighted by molar-refractivity contribution is 7.98. The molecule has 0 spiro atoms. The van der Waals surface area contributed by atoms with Crippen LogP contribution in [-0.2, 0) is 15.3 Å². The van der Waals surface area contributed by atoms with Gasteiger partial charge >= 0.3 is 6.03 Å². The number of rotatable bonds is 10. The molecule has 3 aromatic rings. The van der Waals surface area contributed by atoms with Gasteiger partial charge in [0.15, 0.2) is 0 Å². The molecule has 9 heteroatoms. The van der Waals surface area contributed by atoms with Crippen LogP contribution in [0.4, 0.5) is 9.18 Å². The van der Waals surface area contributed by atoms with Crippen LogP contribution in [0.5, 0.6) is 0 Å². The van der Waals surface area contributed by atoms with E-state index in [-0.39, 0.29) is 29.6 Å². The van der Waals surface area contributed by atoms with Gasteiger partial charge in [-0.3, -0.25) is 14.5 Å². The Hall–Kier alpha value is -4.73. The molecule has 0 aromatic heterocycles. The zero-order valence-corrected chi connectivity index (χ0v) is 28.3. The third-order valence-corrected chi connectivity index (χ3v) is 10.2. The highest BCUT2D eigenvalue weighted by atomic mass is 32.2. The number of carbonyl (C=O) groups is 3.